The number of carbonyl (C=O) groups is 1. The fraction of sp³-hybridized carbons (Fsp3) is 0.267. The molecule has 0 fully saturated rings. The third kappa shape index (κ3) is 3.10. The van der Waals surface area contributed by atoms with Crippen LogP contribution in [0.2, 0.25) is 0 Å². The van der Waals surface area contributed by atoms with Gasteiger partial charge < -0.3 is 15.6 Å². The number of hydrogen-bond donors (Lipinski definition) is 2. The monoisotopic (exact) mass is 259 g/mol. The maximum Gasteiger partial charge on any atom is 0.329 e. The van der Waals surface area contributed by atoms with Gasteiger partial charge in [0.05, 0.1) is 12.6 Å². The van der Waals surface area contributed by atoms with Crippen molar-refractivity contribution >= 4 is 16.7 Å². The van der Waals surface area contributed by atoms with Crippen LogP contribution in [-0.4, -0.2) is 24.3 Å². The van der Waals surface area contributed by atoms with Gasteiger partial charge >= 0.3 is 5.97 Å². The second kappa shape index (κ2) is 5.82. The van der Waals surface area contributed by atoms with Crippen LogP contribution in [0.4, 0.5) is 0 Å². The Morgan fingerprint density at radius 2 is 1.95 bits per heavy atom. The molecule has 4 nitrogen and oxygen atoms in total. The van der Waals surface area contributed by atoms with Gasteiger partial charge in [-0.2, -0.15) is 0 Å². The number of carboxylic acid groups (broad SMARTS) is 1. The lowest BCUT2D eigenvalue weighted by Gasteiger charge is -2.15. The van der Waals surface area contributed by atoms with Gasteiger partial charge in [0.2, 0.25) is 0 Å². The van der Waals surface area contributed by atoms with E-state index in [-0.39, 0.29) is 19.3 Å². The number of ether oxygens (including phenoxy) is 1. The molecule has 2 aromatic rings. The highest BCUT2D eigenvalue weighted by molar-refractivity contribution is 5.88. The van der Waals surface area contributed by atoms with Crippen molar-refractivity contribution in [1.82, 2.24) is 0 Å². The number of benzene rings is 2. The Hall–Kier alpha value is -1.91. The van der Waals surface area contributed by atoms with E-state index in [1.807, 2.05) is 30.3 Å². The summed E-state index contributed by atoms with van der Waals surface area (Å²) in [6, 6.07) is 11.7. The average molecular weight is 259 g/mol. The number of carboxylic acids is 1. The highest BCUT2D eigenvalue weighted by Gasteiger charge is 2.11. The fourth-order valence-corrected chi connectivity index (χ4v) is 2.16. The molecule has 0 bridgehead atoms. The molecule has 1 atom stereocenters. The van der Waals surface area contributed by atoms with Crippen molar-refractivity contribution in [1.29, 1.82) is 0 Å². The van der Waals surface area contributed by atoms with Gasteiger partial charge in [-0.15, -0.1) is 0 Å². The molecule has 0 aliphatic rings. The third-order valence-corrected chi connectivity index (χ3v) is 3.10. The molecular weight excluding hydrogens is 242 g/mol. The number of aryl methyl sites for hydroxylation is 1. The molecule has 4 heteroatoms. The van der Waals surface area contributed by atoms with E-state index in [0.717, 1.165) is 16.3 Å². The lowest BCUT2D eigenvalue weighted by atomic mass is 9.96. The smallest absolute Gasteiger partial charge is 0.329 e. The lowest BCUT2D eigenvalue weighted by Crippen LogP contribution is -2.20. The first kappa shape index (κ1) is 13.5. The zero-order chi connectivity index (χ0) is 13.8. The Morgan fingerprint density at radius 3 is 2.63 bits per heavy atom. The van der Waals surface area contributed by atoms with Gasteiger partial charge in [-0.05, 0) is 28.8 Å². The van der Waals surface area contributed by atoms with Crippen LogP contribution >= 0.6 is 0 Å². The van der Waals surface area contributed by atoms with E-state index in [0.29, 0.717) is 0 Å². The van der Waals surface area contributed by atoms with Crippen molar-refractivity contribution in [3.05, 3.63) is 47.5 Å². The standard InChI is InChI=1S/C15H17NO3/c1-10-6-7-13(12-5-3-2-4-11(10)12)14(16)8-19-9-15(17)18/h2-7,14H,8-9,16H2,1H3,(H,17,18). The van der Waals surface area contributed by atoms with E-state index >= 15 is 0 Å². The molecule has 0 saturated heterocycles. The topological polar surface area (TPSA) is 72.5 Å². The molecule has 100 valence electrons. The van der Waals surface area contributed by atoms with Gasteiger partial charge in [-0.1, -0.05) is 36.4 Å². The Labute approximate surface area is 111 Å². The van der Waals surface area contributed by atoms with Gasteiger partial charge in [0.25, 0.3) is 0 Å². The summed E-state index contributed by atoms with van der Waals surface area (Å²) in [6.45, 7) is 1.93. The summed E-state index contributed by atoms with van der Waals surface area (Å²) in [6.07, 6.45) is 0. The SMILES string of the molecule is Cc1ccc(C(N)COCC(=O)O)c2ccccc12. The van der Waals surface area contributed by atoms with Crippen LogP contribution in [-0.2, 0) is 9.53 Å². The predicted octanol–water partition coefficient (Wildman–Crippen LogP) is 2.25. The first-order valence-corrected chi connectivity index (χ1v) is 6.13. The maximum absolute atomic E-state index is 10.4. The van der Waals surface area contributed by atoms with E-state index in [4.69, 9.17) is 15.6 Å². The van der Waals surface area contributed by atoms with Crippen LogP contribution in [0.1, 0.15) is 17.2 Å². The minimum atomic E-state index is -0.985. The molecule has 0 heterocycles. The summed E-state index contributed by atoms with van der Waals surface area (Å²) in [4.78, 5) is 10.4. The van der Waals surface area contributed by atoms with E-state index < -0.39 is 5.97 Å². The number of fused-ring (bicyclic) bond motifs is 1. The van der Waals surface area contributed by atoms with Crippen LogP contribution in [0.5, 0.6) is 0 Å². The van der Waals surface area contributed by atoms with E-state index in [2.05, 4.69) is 13.0 Å². The van der Waals surface area contributed by atoms with Crippen LogP contribution in [0.15, 0.2) is 36.4 Å². The second-order valence-corrected chi connectivity index (χ2v) is 4.53. The molecule has 0 radical (unpaired) electrons. The summed E-state index contributed by atoms with van der Waals surface area (Å²) in [7, 11) is 0. The fourth-order valence-electron chi connectivity index (χ4n) is 2.16. The second-order valence-electron chi connectivity index (χ2n) is 4.53. The minimum Gasteiger partial charge on any atom is -0.480 e. The molecule has 0 amide bonds. The zero-order valence-electron chi connectivity index (χ0n) is 10.8. The van der Waals surface area contributed by atoms with Crippen LogP contribution < -0.4 is 5.73 Å². The van der Waals surface area contributed by atoms with Crippen molar-refractivity contribution in [2.24, 2.45) is 5.73 Å². The van der Waals surface area contributed by atoms with Crippen molar-refractivity contribution in [2.75, 3.05) is 13.2 Å². The number of rotatable bonds is 5. The van der Waals surface area contributed by atoms with Gasteiger partial charge in [-0.25, -0.2) is 4.79 Å². The quantitative estimate of drug-likeness (QED) is 0.863. The summed E-state index contributed by atoms with van der Waals surface area (Å²) in [5.41, 5.74) is 8.25. The lowest BCUT2D eigenvalue weighted by molar-refractivity contribution is -0.142. The molecule has 1 unspecified atom stereocenters. The van der Waals surface area contributed by atoms with E-state index in [1.54, 1.807) is 0 Å². The van der Waals surface area contributed by atoms with Crippen molar-refractivity contribution < 1.29 is 14.6 Å². The minimum absolute atomic E-state index is 0.194. The van der Waals surface area contributed by atoms with Crippen molar-refractivity contribution in [3.8, 4) is 0 Å². The number of aliphatic carboxylic acids is 1. The number of hydrogen-bond acceptors (Lipinski definition) is 3. The first-order valence-electron chi connectivity index (χ1n) is 6.13. The molecule has 0 saturated carbocycles. The molecule has 19 heavy (non-hydrogen) atoms. The maximum atomic E-state index is 10.4. The average Bonchev–Trinajstić information content (AvgIpc) is 2.39. The van der Waals surface area contributed by atoms with Crippen LogP contribution in [0.3, 0.4) is 0 Å². The number of nitrogens with two attached hydrogens (primary N) is 1. The van der Waals surface area contributed by atoms with Gasteiger partial charge in [0.15, 0.2) is 0 Å². The van der Waals surface area contributed by atoms with Gasteiger partial charge in [0.1, 0.15) is 6.61 Å². The summed E-state index contributed by atoms with van der Waals surface area (Å²) < 4.78 is 5.07. The van der Waals surface area contributed by atoms with Crippen LogP contribution in [0.25, 0.3) is 10.8 Å². The molecule has 2 aromatic carbocycles. The largest absolute Gasteiger partial charge is 0.480 e. The van der Waals surface area contributed by atoms with Crippen molar-refractivity contribution in [2.45, 2.75) is 13.0 Å². The molecule has 0 aromatic heterocycles. The summed E-state index contributed by atoms with van der Waals surface area (Å²) in [5.74, 6) is -0.985. The molecule has 3 N–H and O–H groups in total. The highest BCUT2D eigenvalue weighted by atomic mass is 16.5. The highest BCUT2D eigenvalue weighted by Crippen LogP contribution is 2.26. The Balaban J connectivity index is 2.24. The molecule has 2 rings (SSSR count). The molecule has 0 spiro atoms. The molecular formula is C15H17NO3. The molecule has 0 aliphatic heterocycles. The molecule has 0 aliphatic carbocycles. The van der Waals surface area contributed by atoms with E-state index in [9.17, 15) is 4.79 Å². The Bertz CT molecular complexity index is 595. The Kier molecular flexibility index (Phi) is 4.14. The normalized spacial score (nSPS) is 12.5. The summed E-state index contributed by atoms with van der Waals surface area (Å²) in [5, 5.41) is 10.8. The predicted molar refractivity (Wildman–Crippen MR) is 74.1 cm³/mol. The van der Waals surface area contributed by atoms with Gasteiger partial charge in [-0.3, -0.25) is 0 Å². The first-order chi connectivity index (χ1) is 9.09. The van der Waals surface area contributed by atoms with E-state index in [1.165, 1.54) is 5.56 Å². The zero-order valence-corrected chi connectivity index (χ0v) is 10.8. The van der Waals surface area contributed by atoms with Gasteiger partial charge in [0, 0.05) is 0 Å². The summed E-state index contributed by atoms with van der Waals surface area (Å²) >= 11 is 0. The van der Waals surface area contributed by atoms with Crippen LogP contribution in [0, 0.1) is 6.92 Å². The third-order valence-electron chi connectivity index (χ3n) is 3.10. The Morgan fingerprint density at radius 1 is 1.26 bits per heavy atom. The van der Waals surface area contributed by atoms with Crippen molar-refractivity contribution in [3.63, 3.8) is 0 Å².